The summed E-state index contributed by atoms with van der Waals surface area (Å²) in [6, 6.07) is 12.7. The first-order chi connectivity index (χ1) is 13.3. The van der Waals surface area contributed by atoms with E-state index in [9.17, 15) is 18.0 Å². The minimum Gasteiger partial charge on any atom is -0.441 e. The molecule has 0 spiro atoms. The van der Waals surface area contributed by atoms with Gasteiger partial charge in [0.05, 0.1) is 5.56 Å². The van der Waals surface area contributed by atoms with Gasteiger partial charge < -0.3 is 9.32 Å². The molecular weight excluding hydrogens is 369 g/mol. The highest BCUT2D eigenvalue weighted by Crippen LogP contribution is 2.36. The molecule has 1 amide bonds. The van der Waals surface area contributed by atoms with E-state index < -0.39 is 11.7 Å². The Morgan fingerprint density at radius 2 is 1.89 bits per heavy atom. The van der Waals surface area contributed by atoms with Crippen molar-refractivity contribution in [2.24, 2.45) is 0 Å². The third-order valence-corrected chi connectivity index (χ3v) is 4.79. The summed E-state index contributed by atoms with van der Waals surface area (Å²) in [5.74, 6) is 0.345. The van der Waals surface area contributed by atoms with Crippen LogP contribution in [-0.4, -0.2) is 17.4 Å². The Balaban J connectivity index is 1.68. The summed E-state index contributed by atoms with van der Waals surface area (Å²) in [5.41, 5.74) is 1.22. The molecule has 144 valence electrons. The number of anilines is 1. The molecule has 1 aliphatic heterocycles. The number of rotatable bonds is 2. The largest absolute Gasteiger partial charge is 0.441 e. The van der Waals surface area contributed by atoms with Crippen LogP contribution in [0.5, 0.6) is 0 Å². The van der Waals surface area contributed by atoms with Crippen LogP contribution in [-0.2, 0) is 12.6 Å². The number of benzene rings is 2. The third-order valence-electron chi connectivity index (χ3n) is 4.79. The third kappa shape index (κ3) is 3.28. The molecule has 0 aliphatic carbocycles. The van der Waals surface area contributed by atoms with E-state index in [0.29, 0.717) is 42.3 Å². The summed E-state index contributed by atoms with van der Waals surface area (Å²) in [5, 5.41) is 0. The van der Waals surface area contributed by atoms with Gasteiger partial charge in [-0.15, -0.1) is 0 Å². The monoisotopic (exact) mass is 386 g/mol. The lowest BCUT2D eigenvalue weighted by molar-refractivity contribution is -0.137. The first kappa shape index (κ1) is 18.3. The summed E-state index contributed by atoms with van der Waals surface area (Å²) >= 11 is 0. The Morgan fingerprint density at radius 1 is 1.14 bits per heavy atom. The van der Waals surface area contributed by atoms with Crippen LogP contribution in [0.2, 0.25) is 0 Å². The second-order valence-electron chi connectivity index (χ2n) is 6.69. The normalized spacial score (nSPS) is 14.1. The fourth-order valence-electron chi connectivity index (χ4n) is 3.41. The van der Waals surface area contributed by atoms with Crippen LogP contribution in [0.1, 0.15) is 33.8 Å². The second kappa shape index (κ2) is 6.82. The number of aryl methyl sites for hydroxylation is 2. The van der Waals surface area contributed by atoms with Crippen molar-refractivity contribution in [2.75, 3.05) is 11.4 Å². The first-order valence-electron chi connectivity index (χ1n) is 8.89. The van der Waals surface area contributed by atoms with Crippen LogP contribution < -0.4 is 4.90 Å². The number of halogens is 3. The van der Waals surface area contributed by atoms with Crippen LogP contribution in [0.3, 0.4) is 0 Å². The summed E-state index contributed by atoms with van der Waals surface area (Å²) in [6.45, 7) is 2.08. The summed E-state index contributed by atoms with van der Waals surface area (Å²) in [4.78, 5) is 18.9. The fourth-order valence-corrected chi connectivity index (χ4v) is 3.41. The van der Waals surface area contributed by atoms with Gasteiger partial charge in [-0.2, -0.15) is 13.2 Å². The second-order valence-corrected chi connectivity index (χ2v) is 6.69. The lowest BCUT2D eigenvalue weighted by Crippen LogP contribution is -2.36. The molecule has 0 saturated heterocycles. The number of oxazole rings is 1. The van der Waals surface area contributed by atoms with Crippen molar-refractivity contribution in [1.29, 1.82) is 0 Å². The summed E-state index contributed by atoms with van der Waals surface area (Å²) in [6.07, 6.45) is -3.33. The van der Waals surface area contributed by atoms with Crippen molar-refractivity contribution in [3.05, 3.63) is 71.1 Å². The lowest BCUT2D eigenvalue weighted by Gasteiger charge is -2.29. The van der Waals surface area contributed by atoms with Crippen molar-refractivity contribution in [3.8, 4) is 11.5 Å². The van der Waals surface area contributed by atoms with Gasteiger partial charge in [0.25, 0.3) is 5.91 Å². The predicted octanol–water partition coefficient (Wildman–Crippen LogP) is 5.26. The number of fused-ring (bicyclic) bond motifs is 1. The quantitative estimate of drug-likeness (QED) is 0.603. The van der Waals surface area contributed by atoms with Crippen molar-refractivity contribution < 1.29 is 22.4 Å². The Kier molecular flexibility index (Phi) is 4.45. The highest BCUT2D eigenvalue weighted by atomic mass is 19.4. The molecule has 0 unspecified atom stereocenters. The maximum Gasteiger partial charge on any atom is 0.416 e. The van der Waals surface area contributed by atoms with E-state index in [2.05, 4.69) is 4.98 Å². The number of hydrogen-bond donors (Lipinski definition) is 0. The topological polar surface area (TPSA) is 46.3 Å². The van der Waals surface area contributed by atoms with Crippen LogP contribution in [0.15, 0.2) is 52.9 Å². The van der Waals surface area contributed by atoms with Gasteiger partial charge in [0.15, 0.2) is 5.69 Å². The van der Waals surface area contributed by atoms with E-state index in [1.807, 2.05) is 30.3 Å². The Hall–Kier alpha value is -3.09. The van der Waals surface area contributed by atoms with Gasteiger partial charge in [0, 0.05) is 17.8 Å². The average molecular weight is 386 g/mol. The van der Waals surface area contributed by atoms with Crippen molar-refractivity contribution in [1.82, 2.24) is 4.98 Å². The van der Waals surface area contributed by atoms with Crippen molar-refractivity contribution in [2.45, 2.75) is 25.9 Å². The minimum atomic E-state index is -4.41. The van der Waals surface area contributed by atoms with Gasteiger partial charge in [-0.1, -0.05) is 18.2 Å². The van der Waals surface area contributed by atoms with E-state index in [1.165, 1.54) is 11.0 Å². The van der Waals surface area contributed by atoms with E-state index in [-0.39, 0.29) is 11.6 Å². The zero-order valence-corrected chi connectivity index (χ0v) is 15.1. The molecule has 2 aromatic carbocycles. The number of nitrogens with zero attached hydrogens (tertiary/aromatic N) is 2. The molecule has 2 heterocycles. The molecule has 0 bridgehead atoms. The molecule has 4 nitrogen and oxygen atoms in total. The van der Waals surface area contributed by atoms with Crippen LogP contribution in [0.25, 0.3) is 11.5 Å². The fraction of sp³-hybridized carbons (Fsp3) is 0.238. The lowest BCUT2D eigenvalue weighted by atomic mass is 9.98. The van der Waals surface area contributed by atoms with Crippen molar-refractivity contribution >= 4 is 11.6 Å². The molecule has 1 aliphatic rings. The molecule has 0 atom stereocenters. The number of aromatic nitrogens is 1. The van der Waals surface area contributed by atoms with Gasteiger partial charge in [0.1, 0.15) is 5.76 Å². The molecule has 1 aromatic heterocycles. The van der Waals surface area contributed by atoms with E-state index in [1.54, 1.807) is 6.92 Å². The molecule has 28 heavy (non-hydrogen) atoms. The molecule has 7 heteroatoms. The van der Waals surface area contributed by atoms with E-state index >= 15 is 0 Å². The highest BCUT2D eigenvalue weighted by molar-refractivity contribution is 6.06. The Morgan fingerprint density at radius 3 is 2.61 bits per heavy atom. The van der Waals surface area contributed by atoms with Crippen molar-refractivity contribution in [3.63, 3.8) is 0 Å². The van der Waals surface area contributed by atoms with Gasteiger partial charge in [-0.25, -0.2) is 4.98 Å². The highest BCUT2D eigenvalue weighted by Gasteiger charge is 2.33. The van der Waals surface area contributed by atoms with Crippen LogP contribution in [0.4, 0.5) is 18.9 Å². The first-order valence-corrected chi connectivity index (χ1v) is 8.89. The molecule has 0 N–H and O–H groups in total. The van der Waals surface area contributed by atoms with Gasteiger partial charge in [-0.05, 0) is 55.7 Å². The zero-order chi connectivity index (χ0) is 19.9. The average Bonchev–Trinajstić information content (AvgIpc) is 3.08. The molecule has 3 aromatic rings. The Labute approximate surface area is 159 Å². The predicted molar refractivity (Wildman–Crippen MR) is 98.1 cm³/mol. The van der Waals surface area contributed by atoms with Gasteiger partial charge >= 0.3 is 6.18 Å². The number of alkyl halides is 3. The molecular formula is C21H17F3N2O2. The van der Waals surface area contributed by atoms with Crippen LogP contribution >= 0.6 is 0 Å². The zero-order valence-electron chi connectivity index (χ0n) is 15.1. The molecule has 0 saturated carbocycles. The van der Waals surface area contributed by atoms with Gasteiger partial charge in [-0.3, -0.25) is 4.79 Å². The van der Waals surface area contributed by atoms with E-state index in [4.69, 9.17) is 4.42 Å². The standard InChI is InChI=1S/C21H17F3N2O2/c1-13-18(25-19(28-13)14-6-3-2-4-7-14)20(27)26-11-5-8-15-12-16(21(22,23)24)9-10-17(15)26/h2-4,6-7,9-10,12H,5,8,11H2,1H3. The molecule has 4 rings (SSSR count). The molecule has 0 fully saturated rings. The molecule has 0 radical (unpaired) electrons. The minimum absolute atomic E-state index is 0.173. The van der Waals surface area contributed by atoms with Gasteiger partial charge in [0.2, 0.25) is 5.89 Å². The number of carbonyl (C=O) groups excluding carboxylic acids is 1. The number of carbonyl (C=O) groups is 1. The maximum atomic E-state index is 13.1. The number of hydrogen-bond acceptors (Lipinski definition) is 3. The Bertz CT molecular complexity index is 1030. The van der Waals surface area contributed by atoms with Crippen LogP contribution in [0, 0.1) is 6.92 Å². The summed E-state index contributed by atoms with van der Waals surface area (Å²) < 4.78 is 44.6. The maximum absolute atomic E-state index is 13.1. The number of amides is 1. The SMILES string of the molecule is Cc1oc(-c2ccccc2)nc1C(=O)N1CCCc2cc(C(F)(F)F)ccc21. The van der Waals surface area contributed by atoms with E-state index in [0.717, 1.165) is 17.7 Å². The summed E-state index contributed by atoms with van der Waals surface area (Å²) in [7, 11) is 0. The smallest absolute Gasteiger partial charge is 0.416 e.